The standard InChI is InChI=1S/C9H12N4O/c1-6(12-13-9(11)14)7-4-2-3-5-8(7)10/h2-5H,10H2,1H3,(H3,11,13,14)/b12-6+. The van der Waals surface area contributed by atoms with E-state index >= 15 is 0 Å². The average Bonchev–Trinajstić information content (AvgIpc) is 2.15. The van der Waals surface area contributed by atoms with E-state index in [4.69, 9.17) is 11.5 Å². The van der Waals surface area contributed by atoms with Crippen LogP contribution < -0.4 is 16.9 Å². The van der Waals surface area contributed by atoms with E-state index < -0.39 is 6.03 Å². The number of hydrazone groups is 1. The molecule has 0 fully saturated rings. The van der Waals surface area contributed by atoms with Crippen LogP contribution in [-0.2, 0) is 0 Å². The molecule has 0 radical (unpaired) electrons. The Labute approximate surface area is 81.8 Å². The summed E-state index contributed by atoms with van der Waals surface area (Å²) in [5.74, 6) is 0. The van der Waals surface area contributed by atoms with Crippen molar-refractivity contribution in [2.24, 2.45) is 10.8 Å². The molecule has 1 aromatic rings. The highest BCUT2D eigenvalue weighted by molar-refractivity contribution is 6.03. The van der Waals surface area contributed by atoms with Gasteiger partial charge in [-0.1, -0.05) is 18.2 Å². The molecule has 0 saturated carbocycles. The number of hydrogen-bond donors (Lipinski definition) is 3. The molecule has 0 aliphatic heterocycles. The van der Waals surface area contributed by atoms with Crippen molar-refractivity contribution in [3.63, 3.8) is 0 Å². The molecule has 0 saturated heterocycles. The van der Waals surface area contributed by atoms with Gasteiger partial charge >= 0.3 is 6.03 Å². The second kappa shape index (κ2) is 4.27. The number of primary amides is 1. The number of nitrogens with one attached hydrogen (secondary N) is 1. The van der Waals surface area contributed by atoms with Crippen molar-refractivity contribution in [2.75, 3.05) is 5.73 Å². The third kappa shape index (κ3) is 2.48. The first-order valence-corrected chi connectivity index (χ1v) is 4.06. The maximum Gasteiger partial charge on any atom is 0.332 e. The molecule has 5 nitrogen and oxygen atoms in total. The van der Waals surface area contributed by atoms with Crippen LogP contribution in [0.5, 0.6) is 0 Å². The van der Waals surface area contributed by atoms with Crippen molar-refractivity contribution in [1.29, 1.82) is 0 Å². The molecule has 5 heteroatoms. The van der Waals surface area contributed by atoms with Crippen LogP contribution >= 0.6 is 0 Å². The molecule has 0 aromatic heterocycles. The Kier molecular flexibility index (Phi) is 3.06. The van der Waals surface area contributed by atoms with Crippen molar-refractivity contribution in [2.45, 2.75) is 6.92 Å². The molecule has 5 N–H and O–H groups in total. The van der Waals surface area contributed by atoms with Gasteiger partial charge in [0.2, 0.25) is 0 Å². The van der Waals surface area contributed by atoms with Crippen molar-refractivity contribution < 1.29 is 4.79 Å². The summed E-state index contributed by atoms with van der Waals surface area (Å²) in [6.07, 6.45) is 0. The van der Waals surface area contributed by atoms with Crippen molar-refractivity contribution in [1.82, 2.24) is 5.43 Å². The van der Waals surface area contributed by atoms with Gasteiger partial charge in [0.1, 0.15) is 0 Å². The Morgan fingerprint density at radius 1 is 1.43 bits per heavy atom. The van der Waals surface area contributed by atoms with E-state index in [1.54, 1.807) is 13.0 Å². The van der Waals surface area contributed by atoms with Crippen LogP contribution in [0.1, 0.15) is 12.5 Å². The molecule has 0 heterocycles. The van der Waals surface area contributed by atoms with E-state index in [0.29, 0.717) is 11.4 Å². The highest BCUT2D eigenvalue weighted by Gasteiger charge is 2.01. The van der Waals surface area contributed by atoms with E-state index in [1.807, 2.05) is 18.2 Å². The first-order chi connectivity index (χ1) is 6.61. The molecule has 0 aliphatic rings. The largest absolute Gasteiger partial charge is 0.398 e. The van der Waals surface area contributed by atoms with Gasteiger partial charge in [-0.25, -0.2) is 10.2 Å². The number of rotatable bonds is 2. The Bertz CT molecular complexity index is 373. The Morgan fingerprint density at radius 3 is 2.64 bits per heavy atom. The zero-order chi connectivity index (χ0) is 10.6. The third-order valence-electron chi connectivity index (χ3n) is 1.68. The molecule has 74 valence electrons. The fraction of sp³-hybridized carbons (Fsp3) is 0.111. The molecule has 1 rings (SSSR count). The lowest BCUT2D eigenvalue weighted by Crippen LogP contribution is -2.25. The topological polar surface area (TPSA) is 93.5 Å². The monoisotopic (exact) mass is 192 g/mol. The lowest BCUT2D eigenvalue weighted by Gasteiger charge is -2.03. The second-order valence-electron chi connectivity index (χ2n) is 2.76. The first kappa shape index (κ1) is 10.0. The highest BCUT2D eigenvalue weighted by atomic mass is 16.2. The van der Waals surface area contributed by atoms with Crippen molar-refractivity contribution >= 4 is 17.4 Å². The minimum atomic E-state index is -0.696. The van der Waals surface area contributed by atoms with Crippen LogP contribution in [0.4, 0.5) is 10.5 Å². The Balaban J connectivity index is 2.89. The summed E-state index contributed by atoms with van der Waals surface area (Å²) in [5, 5.41) is 3.77. The summed E-state index contributed by atoms with van der Waals surface area (Å²) >= 11 is 0. The van der Waals surface area contributed by atoms with Gasteiger partial charge in [-0.15, -0.1) is 0 Å². The van der Waals surface area contributed by atoms with Crippen LogP contribution in [-0.4, -0.2) is 11.7 Å². The summed E-state index contributed by atoms with van der Waals surface area (Å²) in [6.45, 7) is 1.74. The summed E-state index contributed by atoms with van der Waals surface area (Å²) in [4.78, 5) is 10.4. The third-order valence-corrected chi connectivity index (χ3v) is 1.68. The molecule has 2 amide bonds. The number of carbonyl (C=O) groups is 1. The quantitative estimate of drug-likeness (QED) is 0.365. The van der Waals surface area contributed by atoms with Gasteiger partial charge in [0.25, 0.3) is 0 Å². The summed E-state index contributed by atoms with van der Waals surface area (Å²) < 4.78 is 0. The van der Waals surface area contributed by atoms with Gasteiger partial charge in [-0.2, -0.15) is 5.10 Å². The number of hydrogen-bond acceptors (Lipinski definition) is 3. The van der Waals surface area contributed by atoms with E-state index in [2.05, 4.69) is 10.5 Å². The molecule has 1 aromatic carbocycles. The lowest BCUT2D eigenvalue weighted by atomic mass is 10.1. The number of carbonyl (C=O) groups excluding carboxylic acids is 1. The van der Waals surface area contributed by atoms with Gasteiger partial charge in [0.05, 0.1) is 5.71 Å². The summed E-state index contributed by atoms with van der Waals surface area (Å²) in [7, 11) is 0. The first-order valence-electron chi connectivity index (χ1n) is 4.06. The summed E-state index contributed by atoms with van der Waals surface area (Å²) in [6, 6.07) is 6.55. The molecule has 0 spiro atoms. The van der Waals surface area contributed by atoms with Crippen LogP contribution in [0.3, 0.4) is 0 Å². The van der Waals surface area contributed by atoms with Crippen molar-refractivity contribution in [3.8, 4) is 0 Å². The minimum Gasteiger partial charge on any atom is -0.398 e. The molecule has 0 aliphatic carbocycles. The zero-order valence-electron chi connectivity index (χ0n) is 7.82. The predicted octanol–water partition coefficient (Wildman–Crippen LogP) is 0.661. The smallest absolute Gasteiger partial charge is 0.332 e. The van der Waals surface area contributed by atoms with Gasteiger partial charge in [0.15, 0.2) is 0 Å². The molecule has 14 heavy (non-hydrogen) atoms. The van der Waals surface area contributed by atoms with E-state index in [1.165, 1.54) is 0 Å². The van der Waals surface area contributed by atoms with Crippen LogP contribution in [0.25, 0.3) is 0 Å². The van der Waals surface area contributed by atoms with Gasteiger partial charge in [0, 0.05) is 11.3 Å². The van der Waals surface area contributed by atoms with Crippen LogP contribution in [0, 0.1) is 0 Å². The SMILES string of the molecule is C/C(=N\NC(N)=O)c1ccccc1N. The molecular weight excluding hydrogens is 180 g/mol. The molecule has 0 unspecified atom stereocenters. The van der Waals surface area contributed by atoms with Crippen molar-refractivity contribution in [3.05, 3.63) is 29.8 Å². The van der Waals surface area contributed by atoms with E-state index in [-0.39, 0.29) is 0 Å². The average molecular weight is 192 g/mol. The van der Waals surface area contributed by atoms with Crippen LogP contribution in [0.15, 0.2) is 29.4 Å². The zero-order valence-corrected chi connectivity index (χ0v) is 7.82. The number of urea groups is 1. The normalized spacial score (nSPS) is 11.1. The maximum absolute atomic E-state index is 10.4. The molecular formula is C9H12N4O. The van der Waals surface area contributed by atoms with Gasteiger partial charge in [-0.3, -0.25) is 0 Å². The Morgan fingerprint density at radius 2 is 2.07 bits per heavy atom. The highest BCUT2D eigenvalue weighted by Crippen LogP contribution is 2.10. The second-order valence-corrected chi connectivity index (χ2v) is 2.76. The maximum atomic E-state index is 10.4. The number of benzene rings is 1. The van der Waals surface area contributed by atoms with Gasteiger partial charge in [-0.05, 0) is 13.0 Å². The minimum absolute atomic E-state index is 0.611. The molecule has 0 bridgehead atoms. The number of anilines is 1. The lowest BCUT2D eigenvalue weighted by molar-refractivity contribution is 0.249. The van der Waals surface area contributed by atoms with Crippen LogP contribution in [0.2, 0.25) is 0 Å². The number of nitrogen functional groups attached to an aromatic ring is 1. The fourth-order valence-electron chi connectivity index (χ4n) is 1.03. The van der Waals surface area contributed by atoms with E-state index in [9.17, 15) is 4.79 Å². The van der Waals surface area contributed by atoms with E-state index in [0.717, 1.165) is 5.56 Å². The number of para-hydroxylation sites is 1. The molecule has 0 atom stereocenters. The predicted molar refractivity (Wildman–Crippen MR) is 55.8 cm³/mol. The van der Waals surface area contributed by atoms with Gasteiger partial charge < -0.3 is 11.5 Å². The number of nitrogens with two attached hydrogens (primary N) is 2. The Hall–Kier alpha value is -2.04. The number of nitrogens with zero attached hydrogens (tertiary/aromatic N) is 1. The number of amides is 2. The summed E-state index contributed by atoms with van der Waals surface area (Å²) in [5.41, 5.74) is 14.7. The fourth-order valence-corrected chi connectivity index (χ4v) is 1.03.